The van der Waals surface area contributed by atoms with Gasteiger partial charge in [-0.05, 0) is 49.8 Å². The maximum Gasteiger partial charge on any atom is 0.387 e. The van der Waals surface area contributed by atoms with E-state index in [-0.39, 0.29) is 18.9 Å². The van der Waals surface area contributed by atoms with Crippen LogP contribution in [0.3, 0.4) is 0 Å². The largest absolute Gasteiger partial charge is 0.497 e. The number of nitrogens with one attached hydrogen (secondary N) is 2. The molecule has 0 fully saturated rings. The van der Waals surface area contributed by atoms with E-state index in [9.17, 15) is 13.9 Å². The van der Waals surface area contributed by atoms with Gasteiger partial charge < -0.3 is 25.2 Å². The van der Waals surface area contributed by atoms with Crippen LogP contribution in [-0.4, -0.2) is 44.5 Å². The van der Waals surface area contributed by atoms with Crippen molar-refractivity contribution >= 4 is 5.96 Å². The summed E-state index contributed by atoms with van der Waals surface area (Å²) in [6.45, 7) is 4.98. The zero-order valence-electron chi connectivity index (χ0n) is 17.2. The number of halogens is 2. The third kappa shape index (κ3) is 9.21. The van der Waals surface area contributed by atoms with Crippen molar-refractivity contribution in [1.82, 2.24) is 10.6 Å². The van der Waals surface area contributed by atoms with Gasteiger partial charge in [0.15, 0.2) is 5.96 Å². The number of hydrogen-bond donors (Lipinski definition) is 3. The highest BCUT2D eigenvalue weighted by Gasteiger charge is 2.13. The molecule has 28 heavy (non-hydrogen) atoms. The van der Waals surface area contributed by atoms with Gasteiger partial charge in [-0.15, -0.1) is 0 Å². The van der Waals surface area contributed by atoms with Crippen LogP contribution in [0.25, 0.3) is 0 Å². The summed E-state index contributed by atoms with van der Waals surface area (Å²) >= 11 is 0. The Hall–Kier alpha value is -2.09. The molecular formula is C20H33F2N3O3. The number of guanidine groups is 1. The fraction of sp³-hybridized carbons (Fsp3) is 0.650. The highest BCUT2D eigenvalue weighted by molar-refractivity contribution is 5.79. The van der Waals surface area contributed by atoms with Crippen molar-refractivity contribution in [3.05, 3.63) is 23.8 Å². The molecule has 0 aliphatic rings. The van der Waals surface area contributed by atoms with E-state index in [1.54, 1.807) is 12.1 Å². The van der Waals surface area contributed by atoms with Crippen molar-refractivity contribution in [3.63, 3.8) is 0 Å². The van der Waals surface area contributed by atoms with Gasteiger partial charge in [-0.3, -0.25) is 0 Å². The number of aliphatic hydroxyl groups excluding tert-OH is 1. The predicted molar refractivity (Wildman–Crippen MR) is 107 cm³/mol. The Morgan fingerprint density at radius 3 is 2.57 bits per heavy atom. The molecule has 0 saturated carbocycles. The van der Waals surface area contributed by atoms with Crippen LogP contribution < -0.4 is 20.1 Å². The molecule has 0 aliphatic carbocycles. The van der Waals surface area contributed by atoms with E-state index in [0.29, 0.717) is 48.6 Å². The maximum absolute atomic E-state index is 12.7. The van der Waals surface area contributed by atoms with Crippen LogP contribution in [0.15, 0.2) is 23.2 Å². The third-order valence-electron chi connectivity index (χ3n) is 4.14. The van der Waals surface area contributed by atoms with Crippen molar-refractivity contribution < 1.29 is 23.4 Å². The van der Waals surface area contributed by atoms with E-state index in [1.165, 1.54) is 13.2 Å². The van der Waals surface area contributed by atoms with Crippen molar-refractivity contribution in [2.24, 2.45) is 16.8 Å². The van der Waals surface area contributed by atoms with E-state index >= 15 is 0 Å². The van der Waals surface area contributed by atoms with Crippen LogP contribution in [0.4, 0.5) is 8.78 Å². The fourth-order valence-corrected chi connectivity index (χ4v) is 2.92. The lowest BCUT2D eigenvalue weighted by atomic mass is 9.94. The van der Waals surface area contributed by atoms with Crippen LogP contribution in [0.5, 0.6) is 11.5 Å². The van der Waals surface area contributed by atoms with Gasteiger partial charge in [0.25, 0.3) is 0 Å². The predicted octanol–water partition coefficient (Wildman–Crippen LogP) is 3.40. The highest BCUT2D eigenvalue weighted by Crippen LogP contribution is 2.26. The van der Waals surface area contributed by atoms with Crippen LogP contribution in [0.2, 0.25) is 0 Å². The molecule has 0 radical (unpaired) electrons. The molecule has 6 nitrogen and oxygen atoms in total. The minimum Gasteiger partial charge on any atom is -0.497 e. The zero-order valence-corrected chi connectivity index (χ0v) is 17.2. The Bertz CT molecular complexity index is 598. The summed E-state index contributed by atoms with van der Waals surface area (Å²) in [5.74, 6) is 2.06. The molecule has 160 valence electrons. The lowest BCUT2D eigenvalue weighted by molar-refractivity contribution is -0.0504. The average Bonchev–Trinajstić information content (AvgIpc) is 2.64. The Labute approximate surface area is 166 Å². The smallest absolute Gasteiger partial charge is 0.387 e. The van der Waals surface area contributed by atoms with Gasteiger partial charge >= 0.3 is 6.61 Å². The minimum absolute atomic E-state index is 0.0772. The third-order valence-corrected chi connectivity index (χ3v) is 4.14. The van der Waals surface area contributed by atoms with Gasteiger partial charge in [0.1, 0.15) is 11.5 Å². The summed E-state index contributed by atoms with van der Waals surface area (Å²) in [4.78, 5) is 4.49. The monoisotopic (exact) mass is 401 g/mol. The first-order valence-corrected chi connectivity index (χ1v) is 9.64. The molecule has 0 aromatic heterocycles. The molecule has 1 rings (SSSR count). The van der Waals surface area contributed by atoms with E-state index < -0.39 is 6.61 Å². The zero-order chi connectivity index (χ0) is 20.9. The van der Waals surface area contributed by atoms with Crippen molar-refractivity contribution in [1.29, 1.82) is 0 Å². The summed E-state index contributed by atoms with van der Waals surface area (Å²) < 4.78 is 35.1. The van der Waals surface area contributed by atoms with Crippen molar-refractivity contribution in [3.8, 4) is 11.5 Å². The standard InChI is InChI=1S/C20H33F2N3O3/c1-5-23-20(24-12-15(8-9-26)10-14(2)3)25-13-16-11-17(27-4)6-7-18(16)28-19(21)22/h6-7,11,14-15,19,26H,5,8-10,12-13H2,1-4H3,(H2,23,24,25). The number of aliphatic imine (C=N–C) groups is 1. The van der Waals surface area contributed by atoms with Crippen LogP contribution in [-0.2, 0) is 6.54 Å². The molecule has 0 bridgehead atoms. The lowest BCUT2D eigenvalue weighted by Gasteiger charge is -2.20. The molecule has 0 amide bonds. The first kappa shape index (κ1) is 23.9. The Balaban J connectivity index is 2.87. The summed E-state index contributed by atoms with van der Waals surface area (Å²) in [6.07, 6.45) is 1.71. The Morgan fingerprint density at radius 1 is 1.25 bits per heavy atom. The van der Waals surface area contributed by atoms with Gasteiger partial charge in [-0.2, -0.15) is 8.78 Å². The van der Waals surface area contributed by atoms with Gasteiger partial charge in [0.05, 0.1) is 13.7 Å². The highest BCUT2D eigenvalue weighted by atomic mass is 19.3. The molecule has 1 atom stereocenters. The SMILES string of the molecule is CCNC(=NCc1cc(OC)ccc1OC(F)F)NCC(CCO)CC(C)C. The van der Waals surface area contributed by atoms with Crippen LogP contribution in [0, 0.1) is 11.8 Å². The number of nitrogens with zero attached hydrogens (tertiary/aromatic N) is 1. The van der Waals surface area contributed by atoms with Crippen LogP contribution in [0.1, 0.15) is 39.2 Å². The second kappa shape index (κ2) is 13.1. The molecule has 3 N–H and O–H groups in total. The Morgan fingerprint density at radius 2 is 2.00 bits per heavy atom. The van der Waals surface area contributed by atoms with E-state index in [4.69, 9.17) is 4.74 Å². The topological polar surface area (TPSA) is 75.1 Å². The number of methoxy groups -OCH3 is 1. The van der Waals surface area contributed by atoms with Crippen molar-refractivity contribution in [2.45, 2.75) is 46.8 Å². The number of benzene rings is 1. The molecule has 1 aromatic rings. The Kier molecular flexibility index (Phi) is 11.2. The van der Waals surface area contributed by atoms with Gasteiger partial charge in [-0.25, -0.2) is 4.99 Å². The van der Waals surface area contributed by atoms with E-state index in [1.807, 2.05) is 6.92 Å². The fourth-order valence-electron chi connectivity index (χ4n) is 2.92. The second-order valence-corrected chi connectivity index (χ2v) is 6.94. The summed E-state index contributed by atoms with van der Waals surface area (Å²) in [5, 5.41) is 15.7. The van der Waals surface area contributed by atoms with E-state index in [2.05, 4.69) is 34.2 Å². The molecule has 0 spiro atoms. The van der Waals surface area contributed by atoms with Gasteiger partial charge in [-0.1, -0.05) is 13.8 Å². The molecule has 1 unspecified atom stereocenters. The summed E-state index contributed by atoms with van der Waals surface area (Å²) in [7, 11) is 1.51. The maximum atomic E-state index is 12.7. The van der Waals surface area contributed by atoms with Crippen molar-refractivity contribution in [2.75, 3.05) is 26.8 Å². The summed E-state index contributed by atoms with van der Waals surface area (Å²) in [6, 6.07) is 4.66. The van der Waals surface area contributed by atoms with Gasteiger partial charge in [0.2, 0.25) is 0 Å². The summed E-state index contributed by atoms with van der Waals surface area (Å²) in [5.41, 5.74) is 0.506. The quantitative estimate of drug-likeness (QED) is 0.370. The lowest BCUT2D eigenvalue weighted by Crippen LogP contribution is -2.40. The molecule has 0 saturated heterocycles. The minimum atomic E-state index is -2.90. The second-order valence-electron chi connectivity index (χ2n) is 6.94. The van der Waals surface area contributed by atoms with E-state index in [0.717, 1.165) is 6.42 Å². The number of alkyl halides is 2. The molecular weight excluding hydrogens is 368 g/mol. The van der Waals surface area contributed by atoms with Crippen LogP contribution >= 0.6 is 0 Å². The molecule has 0 heterocycles. The number of rotatable bonds is 12. The first-order chi connectivity index (χ1) is 13.4. The molecule has 8 heteroatoms. The number of aliphatic hydroxyl groups is 1. The normalized spacial score (nSPS) is 13.0. The van der Waals surface area contributed by atoms with Gasteiger partial charge in [0, 0.05) is 25.3 Å². The molecule has 1 aromatic carbocycles. The number of hydrogen-bond acceptors (Lipinski definition) is 4. The first-order valence-electron chi connectivity index (χ1n) is 9.64. The molecule has 0 aliphatic heterocycles. The number of ether oxygens (including phenoxy) is 2. The average molecular weight is 401 g/mol.